The number of nitrogens with one attached hydrogen (secondary N) is 1. The smallest absolute Gasteiger partial charge is 0.279 e. The minimum atomic E-state index is -3.33. The van der Waals surface area contributed by atoms with Crippen LogP contribution >= 0.6 is 0 Å². The van der Waals surface area contributed by atoms with Gasteiger partial charge in [0.15, 0.2) is 0 Å². The third-order valence-corrected chi connectivity index (χ3v) is 6.08. The largest absolute Gasteiger partial charge is 0.347 e. The van der Waals surface area contributed by atoms with Gasteiger partial charge in [-0.15, -0.1) is 0 Å². The van der Waals surface area contributed by atoms with Crippen LogP contribution in [0.3, 0.4) is 0 Å². The van der Waals surface area contributed by atoms with Crippen molar-refractivity contribution in [2.45, 2.75) is 32.7 Å². The summed E-state index contributed by atoms with van der Waals surface area (Å²) in [5.74, 6) is 0.451. The summed E-state index contributed by atoms with van der Waals surface area (Å²) in [6.45, 7) is 4.67. The Labute approximate surface area is 138 Å². The van der Waals surface area contributed by atoms with Crippen molar-refractivity contribution in [1.82, 2.24) is 13.6 Å². The van der Waals surface area contributed by atoms with E-state index in [0.29, 0.717) is 25.6 Å². The second-order valence-electron chi connectivity index (χ2n) is 6.43. The third kappa shape index (κ3) is 3.94. The molecule has 0 aliphatic carbocycles. The van der Waals surface area contributed by atoms with E-state index in [-0.39, 0.29) is 0 Å². The number of aromatic nitrogens is 1. The van der Waals surface area contributed by atoms with Crippen LogP contribution in [0.5, 0.6) is 0 Å². The fraction of sp³-hybridized carbons (Fsp3) is 0.529. The molecule has 1 aromatic heterocycles. The van der Waals surface area contributed by atoms with Crippen LogP contribution in [0.4, 0.5) is 0 Å². The molecule has 5 nitrogen and oxygen atoms in total. The Balaban J connectivity index is 1.51. The van der Waals surface area contributed by atoms with E-state index < -0.39 is 10.2 Å². The first-order chi connectivity index (χ1) is 11.1. The van der Waals surface area contributed by atoms with Gasteiger partial charge in [-0.1, -0.05) is 25.1 Å². The van der Waals surface area contributed by atoms with E-state index in [4.69, 9.17) is 0 Å². The molecule has 1 saturated heterocycles. The highest BCUT2D eigenvalue weighted by Gasteiger charge is 2.26. The molecule has 1 aromatic carbocycles. The summed E-state index contributed by atoms with van der Waals surface area (Å²) in [7, 11) is -3.33. The van der Waals surface area contributed by atoms with Gasteiger partial charge in [0.1, 0.15) is 0 Å². The molecule has 0 unspecified atom stereocenters. The maximum atomic E-state index is 12.3. The first-order valence-electron chi connectivity index (χ1n) is 8.35. The molecule has 1 aliphatic rings. The molecule has 3 rings (SSSR count). The summed E-state index contributed by atoms with van der Waals surface area (Å²) in [6, 6.07) is 10.3. The van der Waals surface area contributed by atoms with Crippen LogP contribution in [0.15, 0.2) is 36.5 Å². The summed E-state index contributed by atoms with van der Waals surface area (Å²) in [5.41, 5.74) is 1.19. The number of aryl methyl sites for hydroxylation is 1. The molecule has 0 saturated carbocycles. The summed E-state index contributed by atoms with van der Waals surface area (Å²) < 4.78 is 31.1. The van der Waals surface area contributed by atoms with E-state index in [9.17, 15) is 8.42 Å². The van der Waals surface area contributed by atoms with Gasteiger partial charge < -0.3 is 4.57 Å². The average Bonchev–Trinajstić information content (AvgIpc) is 2.95. The topological polar surface area (TPSA) is 54.3 Å². The van der Waals surface area contributed by atoms with Gasteiger partial charge in [-0.3, -0.25) is 0 Å². The molecule has 1 atom stereocenters. The Bertz CT molecular complexity index is 754. The van der Waals surface area contributed by atoms with Crippen molar-refractivity contribution < 1.29 is 8.42 Å². The standard InChI is InChI=1S/C17H25N3O2S/c1-15-6-4-12-20(14-15)23(21,22)18-10-5-11-19-13-9-16-7-2-3-8-17(16)19/h2-3,7-9,13,15,18H,4-6,10-12,14H2,1H3/t15-/m1/s1. The van der Waals surface area contributed by atoms with E-state index in [1.807, 2.05) is 12.1 Å². The monoisotopic (exact) mass is 335 g/mol. The number of nitrogens with zero attached hydrogens (tertiary/aromatic N) is 2. The van der Waals surface area contributed by atoms with Crippen molar-refractivity contribution in [2.75, 3.05) is 19.6 Å². The number of rotatable bonds is 6. The lowest BCUT2D eigenvalue weighted by atomic mass is 10.0. The average molecular weight is 335 g/mol. The fourth-order valence-electron chi connectivity index (χ4n) is 3.24. The zero-order chi connectivity index (χ0) is 16.3. The van der Waals surface area contributed by atoms with Gasteiger partial charge in [0, 0.05) is 37.9 Å². The van der Waals surface area contributed by atoms with Gasteiger partial charge in [0.25, 0.3) is 10.2 Å². The minimum absolute atomic E-state index is 0.451. The van der Waals surface area contributed by atoms with Crippen LogP contribution in [0, 0.1) is 5.92 Å². The Hall–Kier alpha value is -1.37. The molecule has 1 aliphatic heterocycles. The maximum absolute atomic E-state index is 12.3. The SMILES string of the molecule is C[C@@H]1CCCN(S(=O)(=O)NCCCn2ccc3ccccc32)C1. The van der Waals surface area contributed by atoms with E-state index >= 15 is 0 Å². The molecule has 0 radical (unpaired) electrons. The highest BCUT2D eigenvalue weighted by molar-refractivity contribution is 7.87. The van der Waals surface area contributed by atoms with E-state index in [2.05, 4.69) is 40.6 Å². The van der Waals surface area contributed by atoms with Crippen LogP contribution in [-0.4, -0.2) is 36.9 Å². The normalized spacial score (nSPS) is 20.1. The Kier molecular flexibility index (Phi) is 5.04. The van der Waals surface area contributed by atoms with Gasteiger partial charge in [-0.2, -0.15) is 12.7 Å². The molecule has 23 heavy (non-hydrogen) atoms. The second-order valence-corrected chi connectivity index (χ2v) is 8.18. The second kappa shape index (κ2) is 7.03. The molecule has 0 bridgehead atoms. The lowest BCUT2D eigenvalue weighted by Gasteiger charge is -2.30. The van der Waals surface area contributed by atoms with Crippen molar-refractivity contribution in [3.8, 4) is 0 Å². The van der Waals surface area contributed by atoms with E-state index in [0.717, 1.165) is 25.8 Å². The van der Waals surface area contributed by atoms with Gasteiger partial charge in [0.2, 0.25) is 0 Å². The van der Waals surface area contributed by atoms with Crippen LogP contribution in [0.25, 0.3) is 10.9 Å². The highest BCUT2D eigenvalue weighted by Crippen LogP contribution is 2.18. The van der Waals surface area contributed by atoms with Crippen LogP contribution in [-0.2, 0) is 16.8 Å². The third-order valence-electron chi connectivity index (χ3n) is 4.50. The van der Waals surface area contributed by atoms with Crippen LogP contribution < -0.4 is 4.72 Å². The number of hydrogen-bond acceptors (Lipinski definition) is 2. The zero-order valence-corrected chi connectivity index (χ0v) is 14.4. The number of fused-ring (bicyclic) bond motifs is 1. The molecular weight excluding hydrogens is 310 g/mol. The van der Waals surface area contributed by atoms with Crippen molar-refractivity contribution >= 4 is 21.1 Å². The molecule has 6 heteroatoms. The van der Waals surface area contributed by atoms with Crippen molar-refractivity contribution in [1.29, 1.82) is 0 Å². The molecule has 126 valence electrons. The Morgan fingerprint density at radius 2 is 2.09 bits per heavy atom. The van der Waals surface area contributed by atoms with Gasteiger partial charge in [0.05, 0.1) is 0 Å². The molecule has 0 spiro atoms. The first-order valence-corrected chi connectivity index (χ1v) is 9.79. The molecular formula is C17H25N3O2S. The lowest BCUT2D eigenvalue weighted by molar-refractivity contribution is 0.278. The van der Waals surface area contributed by atoms with Gasteiger partial charge in [-0.05, 0) is 42.7 Å². The van der Waals surface area contributed by atoms with Gasteiger partial charge in [-0.25, -0.2) is 4.72 Å². The Morgan fingerprint density at radius 3 is 2.91 bits per heavy atom. The molecule has 2 aromatic rings. The first kappa shape index (κ1) is 16.5. The van der Waals surface area contributed by atoms with Crippen molar-refractivity contribution in [3.63, 3.8) is 0 Å². The van der Waals surface area contributed by atoms with Crippen molar-refractivity contribution in [3.05, 3.63) is 36.5 Å². The van der Waals surface area contributed by atoms with Crippen LogP contribution in [0.1, 0.15) is 26.2 Å². The summed E-state index contributed by atoms with van der Waals surface area (Å²) >= 11 is 0. The predicted octanol–water partition coefficient (Wildman–Crippen LogP) is 2.60. The highest BCUT2D eigenvalue weighted by atomic mass is 32.2. The molecule has 1 N–H and O–H groups in total. The summed E-state index contributed by atoms with van der Waals surface area (Å²) in [6.07, 6.45) is 4.91. The van der Waals surface area contributed by atoms with E-state index in [1.165, 1.54) is 10.9 Å². The number of piperidine rings is 1. The van der Waals surface area contributed by atoms with E-state index in [1.54, 1.807) is 4.31 Å². The molecule has 2 heterocycles. The number of hydrogen-bond donors (Lipinski definition) is 1. The molecule has 1 fully saturated rings. The molecule has 0 amide bonds. The Morgan fingerprint density at radius 1 is 1.26 bits per heavy atom. The number of benzene rings is 1. The fourth-order valence-corrected chi connectivity index (χ4v) is 4.65. The number of para-hydroxylation sites is 1. The zero-order valence-electron chi connectivity index (χ0n) is 13.6. The van der Waals surface area contributed by atoms with Gasteiger partial charge >= 0.3 is 0 Å². The summed E-state index contributed by atoms with van der Waals surface area (Å²) in [4.78, 5) is 0. The van der Waals surface area contributed by atoms with Crippen LogP contribution in [0.2, 0.25) is 0 Å². The van der Waals surface area contributed by atoms with Crippen molar-refractivity contribution in [2.24, 2.45) is 5.92 Å². The quantitative estimate of drug-likeness (QED) is 0.825. The lowest BCUT2D eigenvalue weighted by Crippen LogP contribution is -2.45. The minimum Gasteiger partial charge on any atom is -0.347 e. The maximum Gasteiger partial charge on any atom is 0.279 e. The summed E-state index contributed by atoms with van der Waals surface area (Å²) in [5, 5.41) is 1.22. The predicted molar refractivity (Wildman–Crippen MR) is 93.4 cm³/mol.